The molecule has 0 aliphatic rings. The first-order chi connectivity index (χ1) is 5.36. The number of carboxylic acid groups (broad SMARTS) is 1. The summed E-state index contributed by atoms with van der Waals surface area (Å²) in [5.74, 6) is -0.187. The number of carbonyl (C=O) groups is 1. The third-order valence-electron chi connectivity index (χ3n) is 1.70. The number of hydrogen-bond donors (Lipinski definition) is 2. The molecule has 0 heterocycles. The smallest absolute Gasteiger partial charge is 0.310 e. The molecule has 72 valence electrons. The number of hydrogen-bond acceptors (Lipinski definition) is 2. The molecule has 0 aromatic carbocycles. The molecule has 3 heteroatoms. The van der Waals surface area contributed by atoms with Gasteiger partial charge in [0.15, 0.2) is 0 Å². The van der Waals surface area contributed by atoms with Gasteiger partial charge in [-0.25, -0.2) is 0 Å². The lowest BCUT2D eigenvalue weighted by atomic mass is 9.94. The van der Waals surface area contributed by atoms with Crippen molar-refractivity contribution in [2.75, 3.05) is 13.1 Å². The van der Waals surface area contributed by atoms with E-state index in [-0.39, 0.29) is 0 Å². The van der Waals surface area contributed by atoms with Crippen LogP contribution in [0.1, 0.15) is 27.7 Å². The van der Waals surface area contributed by atoms with Gasteiger partial charge in [-0.1, -0.05) is 13.8 Å². The maximum atomic E-state index is 10.7. The van der Waals surface area contributed by atoms with Crippen LogP contribution < -0.4 is 5.32 Å². The molecule has 0 unspecified atom stereocenters. The lowest BCUT2D eigenvalue weighted by Crippen LogP contribution is -2.37. The maximum Gasteiger partial charge on any atom is 0.310 e. The Morgan fingerprint density at radius 1 is 1.50 bits per heavy atom. The summed E-state index contributed by atoms with van der Waals surface area (Å²) in [6.07, 6.45) is 0. The van der Waals surface area contributed by atoms with E-state index in [1.165, 1.54) is 0 Å². The van der Waals surface area contributed by atoms with Crippen LogP contribution in [0.2, 0.25) is 0 Å². The molecule has 12 heavy (non-hydrogen) atoms. The Morgan fingerprint density at radius 2 is 2.00 bits per heavy atom. The summed E-state index contributed by atoms with van der Waals surface area (Å²) in [5, 5.41) is 11.9. The third kappa shape index (κ3) is 4.34. The minimum Gasteiger partial charge on any atom is -0.481 e. The molecule has 3 nitrogen and oxygen atoms in total. The van der Waals surface area contributed by atoms with E-state index < -0.39 is 11.4 Å². The van der Waals surface area contributed by atoms with Crippen molar-refractivity contribution in [2.45, 2.75) is 27.7 Å². The van der Waals surface area contributed by atoms with Gasteiger partial charge in [0.1, 0.15) is 0 Å². The van der Waals surface area contributed by atoms with Gasteiger partial charge >= 0.3 is 5.97 Å². The zero-order valence-electron chi connectivity index (χ0n) is 8.35. The van der Waals surface area contributed by atoms with Crippen molar-refractivity contribution in [1.82, 2.24) is 5.32 Å². The van der Waals surface area contributed by atoms with Crippen LogP contribution in [0.15, 0.2) is 0 Å². The quantitative estimate of drug-likeness (QED) is 0.659. The highest BCUT2D eigenvalue weighted by Crippen LogP contribution is 2.12. The van der Waals surface area contributed by atoms with Gasteiger partial charge in [0.05, 0.1) is 5.41 Å². The van der Waals surface area contributed by atoms with Crippen molar-refractivity contribution < 1.29 is 9.90 Å². The van der Waals surface area contributed by atoms with Gasteiger partial charge < -0.3 is 10.4 Å². The number of nitrogens with one attached hydrogen (secondary N) is 1. The first kappa shape index (κ1) is 11.4. The van der Waals surface area contributed by atoms with Crippen LogP contribution in [-0.4, -0.2) is 24.2 Å². The molecule has 0 rings (SSSR count). The highest BCUT2D eigenvalue weighted by atomic mass is 16.4. The van der Waals surface area contributed by atoms with E-state index in [2.05, 4.69) is 19.2 Å². The largest absolute Gasteiger partial charge is 0.481 e. The van der Waals surface area contributed by atoms with Crippen LogP contribution in [0.25, 0.3) is 0 Å². The molecule has 0 bridgehead atoms. The lowest BCUT2D eigenvalue weighted by Gasteiger charge is -2.20. The van der Waals surface area contributed by atoms with Crippen LogP contribution in [-0.2, 0) is 4.79 Å². The molecular formula is C9H19NO2. The van der Waals surface area contributed by atoms with Crippen LogP contribution in [0.5, 0.6) is 0 Å². The Balaban J connectivity index is 3.69. The number of rotatable bonds is 5. The van der Waals surface area contributed by atoms with E-state index in [0.29, 0.717) is 12.5 Å². The van der Waals surface area contributed by atoms with Gasteiger partial charge in [0.25, 0.3) is 0 Å². The van der Waals surface area contributed by atoms with Crippen molar-refractivity contribution >= 4 is 5.97 Å². The molecule has 0 radical (unpaired) electrons. The van der Waals surface area contributed by atoms with Crippen LogP contribution in [0.4, 0.5) is 0 Å². The molecule has 2 N–H and O–H groups in total. The van der Waals surface area contributed by atoms with Gasteiger partial charge in [-0.15, -0.1) is 0 Å². The first-order valence-corrected chi connectivity index (χ1v) is 4.30. The SMILES string of the molecule is CC(C)CNCC(C)(C)C(=O)O. The number of carboxylic acids is 1. The first-order valence-electron chi connectivity index (χ1n) is 4.30. The fourth-order valence-corrected chi connectivity index (χ4v) is 0.749. The summed E-state index contributed by atoms with van der Waals surface area (Å²) < 4.78 is 0. The normalized spacial score (nSPS) is 12.1. The van der Waals surface area contributed by atoms with Crippen LogP contribution in [0, 0.1) is 11.3 Å². The lowest BCUT2D eigenvalue weighted by molar-refractivity contribution is -0.146. The molecule has 0 aliphatic heterocycles. The second-order valence-electron chi connectivity index (χ2n) is 4.21. The summed E-state index contributed by atoms with van der Waals surface area (Å²) in [4.78, 5) is 10.7. The Morgan fingerprint density at radius 3 is 2.33 bits per heavy atom. The summed E-state index contributed by atoms with van der Waals surface area (Å²) in [7, 11) is 0. The number of aliphatic carboxylic acids is 1. The van der Waals surface area contributed by atoms with Crippen molar-refractivity contribution in [3.63, 3.8) is 0 Å². The van der Waals surface area contributed by atoms with E-state index >= 15 is 0 Å². The van der Waals surface area contributed by atoms with Crippen molar-refractivity contribution in [2.24, 2.45) is 11.3 Å². The van der Waals surface area contributed by atoms with Gasteiger partial charge in [0.2, 0.25) is 0 Å². The Kier molecular flexibility index (Phi) is 4.24. The monoisotopic (exact) mass is 173 g/mol. The van der Waals surface area contributed by atoms with Crippen molar-refractivity contribution in [1.29, 1.82) is 0 Å². The summed E-state index contributed by atoms with van der Waals surface area (Å²) in [6, 6.07) is 0. The van der Waals surface area contributed by atoms with Crippen LogP contribution >= 0.6 is 0 Å². The molecule has 0 amide bonds. The fourth-order valence-electron chi connectivity index (χ4n) is 0.749. The second kappa shape index (κ2) is 4.45. The molecule has 0 fully saturated rings. The van der Waals surface area contributed by atoms with Gasteiger partial charge in [-0.3, -0.25) is 4.79 Å². The zero-order valence-corrected chi connectivity index (χ0v) is 8.35. The minimum atomic E-state index is -0.751. The average Bonchev–Trinajstić information content (AvgIpc) is 1.85. The van der Waals surface area contributed by atoms with Crippen LogP contribution in [0.3, 0.4) is 0 Å². The zero-order chi connectivity index (χ0) is 9.78. The van der Waals surface area contributed by atoms with Gasteiger partial charge in [0, 0.05) is 6.54 Å². The Bertz CT molecular complexity index is 153. The Labute approximate surface area is 74.2 Å². The van der Waals surface area contributed by atoms with E-state index in [0.717, 1.165) is 6.54 Å². The molecule has 0 aliphatic carbocycles. The molecule has 0 aromatic rings. The van der Waals surface area contributed by atoms with E-state index in [9.17, 15) is 4.79 Å². The van der Waals surface area contributed by atoms with Gasteiger partial charge in [-0.05, 0) is 26.3 Å². The van der Waals surface area contributed by atoms with Crippen molar-refractivity contribution in [3.8, 4) is 0 Å². The third-order valence-corrected chi connectivity index (χ3v) is 1.70. The predicted octanol–water partition coefficient (Wildman–Crippen LogP) is 1.34. The highest BCUT2D eigenvalue weighted by molar-refractivity contribution is 5.73. The summed E-state index contributed by atoms with van der Waals surface area (Å²) >= 11 is 0. The summed E-state index contributed by atoms with van der Waals surface area (Å²) in [5.41, 5.74) is -0.658. The summed E-state index contributed by atoms with van der Waals surface area (Å²) in [6.45, 7) is 9.05. The topological polar surface area (TPSA) is 49.3 Å². The molecule has 0 aromatic heterocycles. The standard InChI is InChI=1S/C9H19NO2/c1-7(2)5-10-6-9(3,4)8(11)12/h7,10H,5-6H2,1-4H3,(H,11,12). The fraction of sp³-hybridized carbons (Fsp3) is 0.889. The molecule has 0 spiro atoms. The van der Waals surface area contributed by atoms with E-state index in [1.54, 1.807) is 13.8 Å². The van der Waals surface area contributed by atoms with E-state index in [4.69, 9.17) is 5.11 Å². The van der Waals surface area contributed by atoms with Gasteiger partial charge in [-0.2, -0.15) is 0 Å². The van der Waals surface area contributed by atoms with E-state index in [1.807, 2.05) is 0 Å². The molecule has 0 atom stereocenters. The average molecular weight is 173 g/mol. The minimum absolute atomic E-state index is 0.528. The maximum absolute atomic E-state index is 10.7. The second-order valence-corrected chi connectivity index (χ2v) is 4.21. The highest BCUT2D eigenvalue weighted by Gasteiger charge is 2.26. The predicted molar refractivity (Wildman–Crippen MR) is 49.1 cm³/mol. The Hall–Kier alpha value is -0.570. The molecular weight excluding hydrogens is 154 g/mol. The molecule has 0 saturated heterocycles. The molecule has 0 saturated carbocycles. The van der Waals surface area contributed by atoms with Crippen molar-refractivity contribution in [3.05, 3.63) is 0 Å².